The van der Waals surface area contributed by atoms with Gasteiger partial charge in [0.2, 0.25) is 5.91 Å². The van der Waals surface area contributed by atoms with E-state index in [2.05, 4.69) is 26.6 Å². The Bertz CT molecular complexity index is 925. The third-order valence-electron chi connectivity index (χ3n) is 4.53. The van der Waals surface area contributed by atoms with Gasteiger partial charge in [0.15, 0.2) is 0 Å². The molecule has 0 spiro atoms. The van der Waals surface area contributed by atoms with Crippen LogP contribution < -0.4 is 16.4 Å². The van der Waals surface area contributed by atoms with Gasteiger partial charge in [0, 0.05) is 4.47 Å². The van der Waals surface area contributed by atoms with Crippen LogP contribution in [0.15, 0.2) is 89.4 Å². The molecule has 4 N–H and O–H groups in total. The maximum Gasteiger partial charge on any atom is 0.312 e. The SMILES string of the molecule is NC(=O)NC(CC(=O)NC(c1ccccc1)c1ccccc1)c1cccc(Br)c1. The van der Waals surface area contributed by atoms with Gasteiger partial charge in [-0.3, -0.25) is 4.79 Å². The van der Waals surface area contributed by atoms with Crippen LogP contribution in [0.2, 0.25) is 0 Å². The molecule has 0 aliphatic rings. The minimum absolute atomic E-state index is 0.0650. The molecule has 3 amide bonds. The molecule has 0 fully saturated rings. The van der Waals surface area contributed by atoms with Crippen LogP contribution in [0, 0.1) is 0 Å². The molecule has 148 valence electrons. The van der Waals surface area contributed by atoms with E-state index in [-0.39, 0.29) is 18.4 Å². The molecule has 0 aliphatic carbocycles. The fraction of sp³-hybridized carbons (Fsp3) is 0.130. The van der Waals surface area contributed by atoms with E-state index in [1.807, 2.05) is 84.9 Å². The van der Waals surface area contributed by atoms with Gasteiger partial charge in [0.25, 0.3) is 0 Å². The highest BCUT2D eigenvalue weighted by Gasteiger charge is 2.21. The monoisotopic (exact) mass is 451 g/mol. The summed E-state index contributed by atoms with van der Waals surface area (Å²) in [6.07, 6.45) is 0.0650. The molecule has 0 aromatic heterocycles. The van der Waals surface area contributed by atoms with Crippen molar-refractivity contribution in [2.24, 2.45) is 5.73 Å². The van der Waals surface area contributed by atoms with Crippen molar-refractivity contribution in [2.45, 2.75) is 18.5 Å². The lowest BCUT2D eigenvalue weighted by Crippen LogP contribution is -2.37. The number of hydrogen-bond donors (Lipinski definition) is 3. The van der Waals surface area contributed by atoms with Crippen LogP contribution in [-0.4, -0.2) is 11.9 Å². The molecule has 3 aromatic rings. The highest BCUT2D eigenvalue weighted by atomic mass is 79.9. The zero-order valence-electron chi connectivity index (χ0n) is 15.7. The lowest BCUT2D eigenvalue weighted by Gasteiger charge is -2.23. The van der Waals surface area contributed by atoms with Crippen molar-refractivity contribution in [3.63, 3.8) is 0 Å². The average molecular weight is 452 g/mol. The molecule has 0 heterocycles. The Morgan fingerprint density at radius 3 is 1.86 bits per heavy atom. The molecule has 0 saturated heterocycles. The first-order valence-electron chi connectivity index (χ1n) is 9.23. The highest BCUT2D eigenvalue weighted by Crippen LogP contribution is 2.24. The average Bonchev–Trinajstić information content (AvgIpc) is 2.72. The second-order valence-corrected chi connectivity index (χ2v) is 7.56. The molecule has 29 heavy (non-hydrogen) atoms. The van der Waals surface area contributed by atoms with Gasteiger partial charge in [-0.1, -0.05) is 88.7 Å². The van der Waals surface area contributed by atoms with Crippen molar-refractivity contribution < 1.29 is 9.59 Å². The van der Waals surface area contributed by atoms with Crippen molar-refractivity contribution in [1.82, 2.24) is 10.6 Å². The lowest BCUT2D eigenvalue weighted by molar-refractivity contribution is -0.122. The number of primary amides is 1. The summed E-state index contributed by atoms with van der Waals surface area (Å²) in [6, 6.07) is 25.5. The molecule has 5 nitrogen and oxygen atoms in total. The number of nitrogens with two attached hydrogens (primary N) is 1. The van der Waals surface area contributed by atoms with Gasteiger partial charge in [0.05, 0.1) is 18.5 Å². The molecule has 0 aliphatic heterocycles. The Morgan fingerprint density at radius 2 is 1.34 bits per heavy atom. The zero-order valence-corrected chi connectivity index (χ0v) is 17.3. The third-order valence-corrected chi connectivity index (χ3v) is 5.02. The molecule has 6 heteroatoms. The van der Waals surface area contributed by atoms with Crippen LogP contribution >= 0.6 is 15.9 Å². The van der Waals surface area contributed by atoms with Crippen LogP contribution in [0.25, 0.3) is 0 Å². The zero-order chi connectivity index (χ0) is 20.6. The molecular formula is C23H22BrN3O2. The van der Waals surface area contributed by atoms with E-state index in [1.54, 1.807) is 0 Å². The summed E-state index contributed by atoms with van der Waals surface area (Å²) in [5, 5.41) is 5.76. The second-order valence-electron chi connectivity index (χ2n) is 6.64. The van der Waals surface area contributed by atoms with Gasteiger partial charge >= 0.3 is 6.03 Å². The summed E-state index contributed by atoms with van der Waals surface area (Å²) in [5.74, 6) is -0.193. The molecule has 0 bridgehead atoms. The first-order chi connectivity index (χ1) is 14.0. The van der Waals surface area contributed by atoms with Crippen LogP contribution in [0.4, 0.5) is 4.79 Å². The Kier molecular flexibility index (Phi) is 7.03. The highest BCUT2D eigenvalue weighted by molar-refractivity contribution is 9.10. The number of urea groups is 1. The van der Waals surface area contributed by atoms with Gasteiger partial charge in [-0.05, 0) is 28.8 Å². The first kappa shape index (κ1) is 20.6. The number of amides is 3. The predicted molar refractivity (Wildman–Crippen MR) is 117 cm³/mol. The maximum absolute atomic E-state index is 12.9. The van der Waals surface area contributed by atoms with Crippen molar-refractivity contribution >= 4 is 27.9 Å². The van der Waals surface area contributed by atoms with Crippen LogP contribution in [-0.2, 0) is 4.79 Å². The van der Waals surface area contributed by atoms with Gasteiger partial charge in [-0.25, -0.2) is 4.79 Å². The minimum Gasteiger partial charge on any atom is -0.352 e. The smallest absolute Gasteiger partial charge is 0.312 e. The largest absolute Gasteiger partial charge is 0.352 e. The predicted octanol–water partition coefficient (Wildman–Crippen LogP) is 4.45. The Balaban J connectivity index is 1.82. The van der Waals surface area contributed by atoms with E-state index in [0.717, 1.165) is 21.2 Å². The summed E-state index contributed by atoms with van der Waals surface area (Å²) in [7, 11) is 0. The summed E-state index contributed by atoms with van der Waals surface area (Å²) >= 11 is 3.42. The van der Waals surface area contributed by atoms with Crippen molar-refractivity contribution in [3.05, 3.63) is 106 Å². The van der Waals surface area contributed by atoms with E-state index in [4.69, 9.17) is 5.73 Å². The molecule has 1 atom stereocenters. The molecular weight excluding hydrogens is 430 g/mol. The molecule has 0 radical (unpaired) electrons. The van der Waals surface area contributed by atoms with E-state index in [9.17, 15) is 9.59 Å². The van der Waals surface area contributed by atoms with Gasteiger partial charge in [0.1, 0.15) is 0 Å². The second kappa shape index (κ2) is 9.89. The van der Waals surface area contributed by atoms with Crippen molar-refractivity contribution in [2.75, 3.05) is 0 Å². The fourth-order valence-corrected chi connectivity index (χ4v) is 3.62. The Labute approximate surface area is 178 Å². The van der Waals surface area contributed by atoms with Crippen LogP contribution in [0.1, 0.15) is 35.2 Å². The van der Waals surface area contributed by atoms with Crippen molar-refractivity contribution in [3.8, 4) is 0 Å². The lowest BCUT2D eigenvalue weighted by atomic mass is 9.97. The molecule has 1 unspecified atom stereocenters. The first-order valence-corrected chi connectivity index (χ1v) is 10.0. The topological polar surface area (TPSA) is 84.2 Å². The van der Waals surface area contributed by atoms with Gasteiger partial charge in [-0.15, -0.1) is 0 Å². The number of carbonyl (C=O) groups excluding carboxylic acids is 2. The van der Waals surface area contributed by atoms with E-state index in [0.29, 0.717) is 0 Å². The van der Waals surface area contributed by atoms with Gasteiger partial charge < -0.3 is 16.4 Å². The van der Waals surface area contributed by atoms with Crippen molar-refractivity contribution in [1.29, 1.82) is 0 Å². The quantitative estimate of drug-likeness (QED) is 0.495. The number of carbonyl (C=O) groups is 2. The maximum atomic E-state index is 12.9. The minimum atomic E-state index is -0.676. The third kappa shape index (κ3) is 5.93. The summed E-state index contributed by atoms with van der Waals surface area (Å²) in [5.41, 5.74) is 8.09. The van der Waals surface area contributed by atoms with E-state index in [1.165, 1.54) is 0 Å². The number of benzene rings is 3. The van der Waals surface area contributed by atoms with Crippen LogP contribution in [0.5, 0.6) is 0 Å². The summed E-state index contributed by atoms with van der Waals surface area (Å²) in [6.45, 7) is 0. The normalized spacial score (nSPS) is 11.7. The number of halogens is 1. The standard InChI is InChI=1S/C23H22BrN3O2/c24-19-13-7-12-18(14-19)20(26-23(25)29)15-21(28)27-22(16-8-3-1-4-9-16)17-10-5-2-6-11-17/h1-14,20,22H,15H2,(H,27,28)(H3,25,26,29). The number of nitrogens with one attached hydrogen (secondary N) is 2. The Hall–Kier alpha value is -3.12. The summed E-state index contributed by atoms with van der Waals surface area (Å²) in [4.78, 5) is 24.4. The molecule has 3 aromatic carbocycles. The summed E-state index contributed by atoms with van der Waals surface area (Å²) < 4.78 is 0.859. The number of rotatable bonds is 7. The molecule has 3 rings (SSSR count). The van der Waals surface area contributed by atoms with E-state index >= 15 is 0 Å². The Morgan fingerprint density at radius 1 is 0.793 bits per heavy atom. The van der Waals surface area contributed by atoms with E-state index < -0.39 is 12.1 Å². The van der Waals surface area contributed by atoms with Crippen LogP contribution in [0.3, 0.4) is 0 Å². The number of hydrogen-bond acceptors (Lipinski definition) is 2. The fourth-order valence-electron chi connectivity index (χ4n) is 3.20. The van der Waals surface area contributed by atoms with Gasteiger partial charge in [-0.2, -0.15) is 0 Å². The molecule has 0 saturated carbocycles.